The lowest BCUT2D eigenvalue weighted by Gasteiger charge is -2.26. The number of anilines is 1. The summed E-state index contributed by atoms with van der Waals surface area (Å²) in [5, 5.41) is 6.89. The molecule has 32 heavy (non-hydrogen) atoms. The van der Waals surface area contributed by atoms with Crippen LogP contribution in [0.4, 0.5) is 5.82 Å². The van der Waals surface area contributed by atoms with Gasteiger partial charge in [-0.15, -0.1) is 11.6 Å². The molecule has 7 heteroatoms. The largest absolute Gasteiger partial charge is 0.332 e. The third kappa shape index (κ3) is 6.83. The summed E-state index contributed by atoms with van der Waals surface area (Å²) in [4.78, 5) is 27.6. The first-order chi connectivity index (χ1) is 14.8. The van der Waals surface area contributed by atoms with Gasteiger partial charge in [0.1, 0.15) is 11.2 Å². The predicted molar refractivity (Wildman–Crippen MR) is 131 cm³/mol. The molecule has 0 radical (unpaired) electrons. The number of unbranched alkanes of at least 4 members (excludes halogenated alkanes) is 1. The molecule has 0 aliphatic carbocycles. The molecule has 2 rings (SSSR count). The lowest BCUT2D eigenvalue weighted by atomic mass is 9.92. The highest BCUT2D eigenvalue weighted by Crippen LogP contribution is 2.28. The molecule has 1 aromatic carbocycles. The first kappa shape index (κ1) is 25.9. The third-order valence-corrected chi connectivity index (χ3v) is 5.56. The van der Waals surface area contributed by atoms with Gasteiger partial charge in [-0.3, -0.25) is 9.59 Å². The summed E-state index contributed by atoms with van der Waals surface area (Å²) in [6, 6.07) is 11.1. The van der Waals surface area contributed by atoms with Crippen molar-refractivity contribution in [1.29, 1.82) is 0 Å². The van der Waals surface area contributed by atoms with Gasteiger partial charge in [0, 0.05) is 18.0 Å². The van der Waals surface area contributed by atoms with E-state index >= 15 is 0 Å². The standard InChI is InChI=1S/C25H37ClN4O2/c1-8-9-15-29(23(32)22(26)18-13-11-10-12-14-18)17-21(31)27-20-16-19(24(2,3)4)28-30(20)25(5,6)7/h10-14,16,22H,8-9,15,17H2,1-7H3,(H,27,31). The second-order valence-corrected chi connectivity index (χ2v) is 10.6. The molecule has 1 aromatic heterocycles. The Kier molecular flexibility index (Phi) is 8.52. The SMILES string of the molecule is CCCCN(CC(=O)Nc1cc(C(C)(C)C)nn1C(C)(C)C)C(=O)C(Cl)c1ccccc1. The van der Waals surface area contributed by atoms with Crippen LogP contribution in [0.5, 0.6) is 0 Å². The molecule has 0 spiro atoms. The zero-order chi connectivity index (χ0) is 24.1. The molecule has 1 unspecified atom stereocenters. The Labute approximate surface area is 197 Å². The van der Waals surface area contributed by atoms with Crippen LogP contribution in [0, 0.1) is 0 Å². The minimum absolute atomic E-state index is 0.0605. The van der Waals surface area contributed by atoms with E-state index in [2.05, 4.69) is 26.1 Å². The van der Waals surface area contributed by atoms with E-state index in [0.29, 0.717) is 12.4 Å². The number of halogens is 1. The van der Waals surface area contributed by atoms with Crippen LogP contribution in [0.25, 0.3) is 0 Å². The maximum absolute atomic E-state index is 13.1. The summed E-state index contributed by atoms with van der Waals surface area (Å²) < 4.78 is 1.83. The Morgan fingerprint density at radius 1 is 1.12 bits per heavy atom. The summed E-state index contributed by atoms with van der Waals surface area (Å²) >= 11 is 6.48. The smallest absolute Gasteiger partial charge is 0.245 e. The van der Waals surface area contributed by atoms with Crippen LogP contribution in [0.2, 0.25) is 0 Å². The molecule has 2 aromatic rings. The van der Waals surface area contributed by atoms with Crippen LogP contribution < -0.4 is 5.32 Å². The Morgan fingerprint density at radius 3 is 2.28 bits per heavy atom. The Morgan fingerprint density at radius 2 is 1.75 bits per heavy atom. The number of nitrogens with zero attached hydrogens (tertiary/aromatic N) is 3. The van der Waals surface area contributed by atoms with Gasteiger partial charge in [-0.1, -0.05) is 64.4 Å². The lowest BCUT2D eigenvalue weighted by molar-refractivity contribution is -0.134. The summed E-state index contributed by atoms with van der Waals surface area (Å²) in [6.07, 6.45) is 1.71. The number of rotatable bonds is 8. The van der Waals surface area contributed by atoms with Crippen LogP contribution in [0.1, 0.15) is 77.9 Å². The van der Waals surface area contributed by atoms with Crippen molar-refractivity contribution < 1.29 is 9.59 Å². The molecule has 6 nitrogen and oxygen atoms in total. The number of alkyl halides is 1. The average molecular weight is 461 g/mol. The predicted octanol–water partition coefficient (Wildman–Crippen LogP) is 5.48. The monoisotopic (exact) mass is 460 g/mol. The third-order valence-electron chi connectivity index (χ3n) is 5.12. The van der Waals surface area contributed by atoms with Crippen molar-refractivity contribution in [3.8, 4) is 0 Å². The van der Waals surface area contributed by atoms with Crippen LogP contribution in [-0.2, 0) is 20.5 Å². The molecule has 0 aliphatic rings. The van der Waals surface area contributed by atoms with Gasteiger partial charge in [0.25, 0.3) is 0 Å². The Bertz CT molecular complexity index is 910. The quantitative estimate of drug-likeness (QED) is 0.530. The van der Waals surface area contributed by atoms with Crippen LogP contribution in [-0.4, -0.2) is 39.6 Å². The fourth-order valence-corrected chi connectivity index (χ4v) is 3.53. The highest BCUT2D eigenvalue weighted by atomic mass is 35.5. The number of amides is 2. The number of aromatic nitrogens is 2. The molecule has 1 atom stereocenters. The fraction of sp³-hybridized carbons (Fsp3) is 0.560. The molecule has 0 saturated carbocycles. The topological polar surface area (TPSA) is 67.2 Å². The van der Waals surface area contributed by atoms with Gasteiger partial charge in [0.15, 0.2) is 0 Å². The van der Waals surface area contributed by atoms with Gasteiger partial charge >= 0.3 is 0 Å². The summed E-state index contributed by atoms with van der Waals surface area (Å²) in [5.41, 5.74) is 1.16. The van der Waals surface area contributed by atoms with Crippen molar-refractivity contribution in [1.82, 2.24) is 14.7 Å². The zero-order valence-corrected chi connectivity index (χ0v) is 21.2. The molecule has 0 bridgehead atoms. The van der Waals surface area contributed by atoms with Crippen LogP contribution in [0.3, 0.4) is 0 Å². The van der Waals surface area contributed by atoms with E-state index in [-0.39, 0.29) is 29.3 Å². The molecular formula is C25H37ClN4O2. The molecule has 2 amide bonds. The minimum atomic E-state index is -0.826. The fourth-order valence-electron chi connectivity index (χ4n) is 3.24. The van der Waals surface area contributed by atoms with Crippen molar-refractivity contribution in [3.63, 3.8) is 0 Å². The van der Waals surface area contributed by atoms with E-state index in [1.165, 1.54) is 0 Å². The normalized spacial score (nSPS) is 13.0. The molecule has 0 aliphatic heterocycles. The van der Waals surface area contributed by atoms with Crippen molar-refractivity contribution in [3.05, 3.63) is 47.7 Å². The minimum Gasteiger partial charge on any atom is -0.332 e. The van der Waals surface area contributed by atoms with Gasteiger partial charge in [-0.2, -0.15) is 5.10 Å². The highest BCUT2D eigenvalue weighted by molar-refractivity contribution is 6.30. The molecule has 1 N–H and O–H groups in total. The highest BCUT2D eigenvalue weighted by Gasteiger charge is 2.28. The first-order valence-electron chi connectivity index (χ1n) is 11.2. The van der Waals surface area contributed by atoms with Crippen LogP contribution in [0.15, 0.2) is 36.4 Å². The molecular weight excluding hydrogens is 424 g/mol. The summed E-state index contributed by atoms with van der Waals surface area (Å²) in [6.45, 7) is 14.8. The van der Waals surface area contributed by atoms with E-state index in [1.807, 2.05) is 68.8 Å². The zero-order valence-electron chi connectivity index (χ0n) is 20.4. The summed E-state index contributed by atoms with van der Waals surface area (Å²) in [7, 11) is 0. The number of hydrogen-bond acceptors (Lipinski definition) is 3. The average Bonchev–Trinajstić information content (AvgIpc) is 3.15. The molecule has 1 heterocycles. The lowest BCUT2D eigenvalue weighted by Crippen LogP contribution is -2.40. The maximum Gasteiger partial charge on any atom is 0.245 e. The van der Waals surface area contributed by atoms with Gasteiger partial charge in [-0.25, -0.2) is 4.68 Å². The van der Waals surface area contributed by atoms with Gasteiger partial charge in [0.2, 0.25) is 11.8 Å². The van der Waals surface area contributed by atoms with Crippen molar-refractivity contribution >= 4 is 29.2 Å². The van der Waals surface area contributed by atoms with Crippen molar-refractivity contribution in [2.75, 3.05) is 18.4 Å². The number of carbonyl (C=O) groups is 2. The van der Waals surface area contributed by atoms with E-state index in [9.17, 15) is 9.59 Å². The second-order valence-electron chi connectivity index (χ2n) is 10.2. The Hall–Kier alpha value is -2.34. The van der Waals surface area contributed by atoms with E-state index in [4.69, 9.17) is 16.7 Å². The summed E-state index contributed by atoms with van der Waals surface area (Å²) in [5.74, 6) is 0.0965. The maximum atomic E-state index is 13.1. The van der Waals surface area contributed by atoms with E-state index in [1.54, 1.807) is 4.90 Å². The molecule has 176 valence electrons. The first-order valence-corrected chi connectivity index (χ1v) is 11.7. The van der Waals surface area contributed by atoms with Crippen molar-refractivity contribution in [2.45, 2.75) is 77.6 Å². The van der Waals surface area contributed by atoms with Crippen molar-refractivity contribution in [2.24, 2.45) is 0 Å². The molecule has 0 fully saturated rings. The van der Waals surface area contributed by atoms with Gasteiger partial charge < -0.3 is 10.2 Å². The Balaban J connectivity index is 2.22. The van der Waals surface area contributed by atoms with E-state index < -0.39 is 5.38 Å². The number of nitrogens with one attached hydrogen (secondary N) is 1. The molecule has 0 saturated heterocycles. The van der Waals surface area contributed by atoms with Gasteiger partial charge in [-0.05, 0) is 32.8 Å². The number of hydrogen-bond donors (Lipinski definition) is 1. The number of benzene rings is 1. The number of carbonyl (C=O) groups excluding carboxylic acids is 2. The second kappa shape index (κ2) is 10.5. The van der Waals surface area contributed by atoms with Gasteiger partial charge in [0.05, 0.1) is 17.8 Å². The van der Waals surface area contributed by atoms with E-state index in [0.717, 1.165) is 24.1 Å². The van der Waals surface area contributed by atoms with Crippen LogP contribution >= 0.6 is 11.6 Å².